The van der Waals surface area contributed by atoms with Crippen molar-refractivity contribution in [2.75, 3.05) is 13.2 Å². The van der Waals surface area contributed by atoms with Crippen molar-refractivity contribution in [3.8, 4) is 16.9 Å². The van der Waals surface area contributed by atoms with Gasteiger partial charge in [-0.15, -0.1) is 0 Å². The van der Waals surface area contributed by atoms with Crippen LogP contribution in [0.2, 0.25) is 0 Å². The molecule has 0 saturated carbocycles. The summed E-state index contributed by atoms with van der Waals surface area (Å²) in [6, 6.07) is 5.48. The molecule has 0 saturated heterocycles. The number of ether oxygens (including phenoxy) is 2. The highest BCUT2D eigenvalue weighted by Crippen LogP contribution is 2.32. The lowest BCUT2D eigenvalue weighted by molar-refractivity contribution is -0.137. The summed E-state index contributed by atoms with van der Waals surface area (Å²) in [5.41, 5.74) is -3.31. The van der Waals surface area contributed by atoms with Gasteiger partial charge in [0.2, 0.25) is 5.82 Å². The third-order valence-electron chi connectivity index (χ3n) is 6.40. The summed E-state index contributed by atoms with van der Waals surface area (Å²) in [6.45, 7) is 4.23. The number of unbranched alkanes of at least 4 members (excludes halogenated alkanes) is 9. The van der Waals surface area contributed by atoms with E-state index < -0.39 is 45.8 Å². The SMILES string of the molecule is C=CC(=O)OCCCCCCCCCCCCOc1ccc2cc(-c3c(F)c(F)c(F)c(F)c3F)c(=O)oc2c1. The van der Waals surface area contributed by atoms with E-state index >= 15 is 0 Å². The van der Waals surface area contributed by atoms with E-state index in [1.807, 2.05) is 0 Å². The summed E-state index contributed by atoms with van der Waals surface area (Å²) < 4.78 is 84.7. The van der Waals surface area contributed by atoms with Crippen molar-refractivity contribution in [3.05, 3.63) is 76.4 Å². The van der Waals surface area contributed by atoms with Crippen LogP contribution in [0.4, 0.5) is 22.0 Å². The molecule has 1 heterocycles. The smallest absolute Gasteiger partial charge is 0.344 e. The molecule has 5 nitrogen and oxygen atoms in total. The third kappa shape index (κ3) is 8.16. The van der Waals surface area contributed by atoms with Crippen LogP contribution in [-0.4, -0.2) is 19.2 Å². The van der Waals surface area contributed by atoms with Crippen LogP contribution in [0.3, 0.4) is 0 Å². The molecule has 0 atom stereocenters. The van der Waals surface area contributed by atoms with Gasteiger partial charge in [-0.1, -0.05) is 57.9 Å². The van der Waals surface area contributed by atoms with E-state index in [1.165, 1.54) is 12.1 Å². The number of rotatable bonds is 16. The van der Waals surface area contributed by atoms with Crippen LogP contribution in [0.5, 0.6) is 5.75 Å². The molecule has 1 aromatic heterocycles. The number of halogens is 5. The van der Waals surface area contributed by atoms with Crippen LogP contribution in [0.25, 0.3) is 22.1 Å². The molecule has 0 amide bonds. The van der Waals surface area contributed by atoms with E-state index in [4.69, 9.17) is 13.9 Å². The Hall–Kier alpha value is -3.69. The maximum absolute atomic E-state index is 14.2. The second-order valence-electron chi connectivity index (χ2n) is 9.35. The number of carbonyl (C=O) groups excluding carboxylic acids is 1. The Morgan fingerprint density at radius 1 is 0.750 bits per heavy atom. The highest BCUT2D eigenvalue weighted by atomic mass is 19.2. The summed E-state index contributed by atoms with van der Waals surface area (Å²) in [7, 11) is 0. The summed E-state index contributed by atoms with van der Waals surface area (Å²) in [5.74, 6) is -10.8. The molecule has 0 spiro atoms. The molecule has 3 aromatic rings. The molecular weight excluding hydrogens is 535 g/mol. The fourth-order valence-electron chi connectivity index (χ4n) is 4.24. The average molecular weight is 567 g/mol. The molecule has 216 valence electrons. The van der Waals surface area contributed by atoms with E-state index in [-0.39, 0.29) is 16.9 Å². The van der Waals surface area contributed by atoms with Crippen LogP contribution in [0.15, 0.2) is 46.1 Å². The van der Waals surface area contributed by atoms with Crippen LogP contribution < -0.4 is 10.4 Å². The molecule has 0 bridgehead atoms. The van der Waals surface area contributed by atoms with Gasteiger partial charge in [0.1, 0.15) is 11.3 Å². The molecule has 0 N–H and O–H groups in total. The summed E-state index contributed by atoms with van der Waals surface area (Å²) in [6.07, 6.45) is 11.7. The van der Waals surface area contributed by atoms with Gasteiger partial charge in [0, 0.05) is 17.5 Å². The first-order chi connectivity index (χ1) is 19.2. The number of esters is 1. The minimum Gasteiger partial charge on any atom is -0.493 e. The predicted octanol–water partition coefficient (Wildman–Crippen LogP) is 8.16. The number of hydrogen-bond donors (Lipinski definition) is 0. The van der Waals surface area contributed by atoms with Crippen LogP contribution in [-0.2, 0) is 9.53 Å². The van der Waals surface area contributed by atoms with Gasteiger partial charge in [0.25, 0.3) is 0 Å². The van der Waals surface area contributed by atoms with Crippen molar-refractivity contribution in [2.24, 2.45) is 0 Å². The fourth-order valence-corrected chi connectivity index (χ4v) is 4.24. The Bertz CT molecular complexity index is 1360. The molecule has 2 aromatic carbocycles. The summed E-state index contributed by atoms with van der Waals surface area (Å²) in [5, 5.41) is 0.224. The summed E-state index contributed by atoms with van der Waals surface area (Å²) in [4.78, 5) is 23.3. The maximum Gasteiger partial charge on any atom is 0.344 e. The first-order valence-electron chi connectivity index (χ1n) is 13.3. The van der Waals surface area contributed by atoms with Crippen molar-refractivity contribution in [3.63, 3.8) is 0 Å². The molecule has 0 unspecified atom stereocenters. The third-order valence-corrected chi connectivity index (χ3v) is 6.40. The van der Waals surface area contributed by atoms with Gasteiger partial charge >= 0.3 is 11.6 Å². The Kier molecular flexibility index (Phi) is 11.7. The molecule has 40 heavy (non-hydrogen) atoms. The number of carbonyl (C=O) groups is 1. The quantitative estimate of drug-likeness (QED) is 0.0333. The topological polar surface area (TPSA) is 65.7 Å². The van der Waals surface area contributed by atoms with Gasteiger partial charge < -0.3 is 13.9 Å². The zero-order valence-electron chi connectivity index (χ0n) is 22.0. The van der Waals surface area contributed by atoms with E-state index in [0.29, 0.717) is 19.0 Å². The Morgan fingerprint density at radius 3 is 1.85 bits per heavy atom. The van der Waals surface area contributed by atoms with E-state index in [9.17, 15) is 31.5 Å². The molecule has 0 fully saturated rings. The lowest BCUT2D eigenvalue weighted by Crippen LogP contribution is -2.10. The lowest BCUT2D eigenvalue weighted by Gasteiger charge is -2.09. The molecule has 0 aliphatic carbocycles. The minimum atomic E-state index is -2.31. The van der Waals surface area contributed by atoms with Gasteiger partial charge in [-0.2, -0.15) is 0 Å². The van der Waals surface area contributed by atoms with Gasteiger partial charge in [-0.3, -0.25) is 0 Å². The molecule has 0 aliphatic rings. The van der Waals surface area contributed by atoms with Crippen molar-refractivity contribution in [1.29, 1.82) is 0 Å². The minimum absolute atomic E-state index is 0.0490. The maximum atomic E-state index is 14.2. The van der Waals surface area contributed by atoms with Gasteiger partial charge in [0.15, 0.2) is 23.3 Å². The molecular formula is C30H31F5O5. The molecule has 0 aliphatic heterocycles. The van der Waals surface area contributed by atoms with Crippen molar-refractivity contribution >= 4 is 16.9 Å². The van der Waals surface area contributed by atoms with Gasteiger partial charge in [-0.25, -0.2) is 31.5 Å². The second-order valence-corrected chi connectivity index (χ2v) is 9.35. The Morgan fingerprint density at radius 2 is 1.27 bits per heavy atom. The van der Waals surface area contributed by atoms with E-state index in [2.05, 4.69) is 6.58 Å². The zero-order chi connectivity index (χ0) is 29.1. The standard InChI is InChI=1S/C30H31F5O5/c1-2-23(36)39-16-12-10-8-6-4-3-5-7-9-11-15-38-20-14-13-19-17-21(30(37)40-22(19)18-20)24-25(31)27(33)29(35)28(34)26(24)32/h2,13-14,17-18H,1,3-12,15-16H2. The Balaban J connectivity index is 1.40. The Labute approximate surface area is 228 Å². The van der Waals surface area contributed by atoms with Crippen molar-refractivity contribution in [1.82, 2.24) is 0 Å². The summed E-state index contributed by atoms with van der Waals surface area (Å²) >= 11 is 0. The second kappa shape index (κ2) is 15.2. The lowest BCUT2D eigenvalue weighted by atomic mass is 10.0. The van der Waals surface area contributed by atoms with Gasteiger partial charge in [0.05, 0.1) is 24.3 Å². The number of hydrogen-bond acceptors (Lipinski definition) is 5. The number of benzene rings is 2. The average Bonchev–Trinajstić information content (AvgIpc) is 2.95. The monoisotopic (exact) mass is 566 g/mol. The highest BCUT2D eigenvalue weighted by Gasteiger charge is 2.28. The number of fused-ring (bicyclic) bond motifs is 1. The van der Waals surface area contributed by atoms with Crippen molar-refractivity contribution in [2.45, 2.75) is 64.2 Å². The highest BCUT2D eigenvalue weighted by molar-refractivity contribution is 5.83. The normalized spacial score (nSPS) is 11.1. The van der Waals surface area contributed by atoms with E-state index in [1.54, 1.807) is 6.07 Å². The first-order valence-corrected chi connectivity index (χ1v) is 13.3. The van der Waals surface area contributed by atoms with Crippen molar-refractivity contribution < 1.29 is 40.6 Å². The van der Waals surface area contributed by atoms with Crippen LogP contribution >= 0.6 is 0 Å². The fraction of sp³-hybridized carbons (Fsp3) is 0.400. The van der Waals surface area contributed by atoms with E-state index in [0.717, 1.165) is 76.4 Å². The molecule has 10 heteroatoms. The first kappa shape index (κ1) is 30.8. The van der Waals surface area contributed by atoms with Gasteiger partial charge in [-0.05, 0) is 31.0 Å². The zero-order valence-corrected chi connectivity index (χ0v) is 22.0. The van der Waals surface area contributed by atoms with Crippen LogP contribution in [0.1, 0.15) is 64.2 Å². The predicted molar refractivity (Wildman–Crippen MR) is 141 cm³/mol. The van der Waals surface area contributed by atoms with Crippen LogP contribution in [0, 0.1) is 29.1 Å². The largest absolute Gasteiger partial charge is 0.493 e. The molecule has 0 radical (unpaired) electrons. The molecule has 3 rings (SSSR count).